The fraction of sp³-hybridized carbons (Fsp3) is 0.462. The molecule has 1 aromatic rings. The van der Waals surface area contributed by atoms with Gasteiger partial charge < -0.3 is 5.32 Å². The van der Waals surface area contributed by atoms with Crippen molar-refractivity contribution in [1.82, 2.24) is 5.32 Å². The number of amides is 1. The van der Waals surface area contributed by atoms with E-state index in [9.17, 15) is 4.79 Å². The molecule has 1 N–H and O–H groups in total. The zero-order chi connectivity index (χ0) is 12.2. The monoisotopic (exact) mass is 331 g/mol. The summed E-state index contributed by atoms with van der Waals surface area (Å²) in [4.78, 5) is 11.8. The molecule has 0 heterocycles. The van der Waals surface area contributed by atoms with Gasteiger partial charge in [-0.25, -0.2) is 0 Å². The second-order valence-corrected chi connectivity index (χ2v) is 5.95. The summed E-state index contributed by atoms with van der Waals surface area (Å²) >= 11 is 2.23. The van der Waals surface area contributed by atoms with Crippen LogP contribution in [0.4, 0.5) is 0 Å². The molecule has 0 aliphatic carbocycles. The molecule has 0 radical (unpaired) electrons. The van der Waals surface area contributed by atoms with Crippen molar-refractivity contribution in [3.05, 3.63) is 33.4 Å². The predicted molar refractivity (Wildman–Crippen MR) is 75.6 cm³/mol. The Kier molecular flexibility index (Phi) is 4.77. The number of benzene rings is 1. The Hall–Kier alpha value is -0.580. The van der Waals surface area contributed by atoms with E-state index in [1.807, 2.05) is 24.3 Å². The van der Waals surface area contributed by atoms with Crippen LogP contribution in [0.2, 0.25) is 0 Å². The van der Waals surface area contributed by atoms with Crippen LogP contribution in [0.5, 0.6) is 0 Å². The van der Waals surface area contributed by atoms with Crippen LogP contribution in [-0.4, -0.2) is 12.5 Å². The first-order chi connectivity index (χ1) is 7.44. The lowest BCUT2D eigenvalue weighted by Crippen LogP contribution is -2.33. The largest absolute Gasteiger partial charge is 0.352 e. The molecule has 0 aliphatic rings. The topological polar surface area (TPSA) is 29.1 Å². The molecule has 2 nitrogen and oxygen atoms in total. The zero-order valence-electron chi connectivity index (χ0n) is 10.0. The van der Waals surface area contributed by atoms with Gasteiger partial charge in [0.1, 0.15) is 0 Å². The van der Waals surface area contributed by atoms with Crippen LogP contribution in [0, 0.1) is 8.99 Å². The summed E-state index contributed by atoms with van der Waals surface area (Å²) in [5.41, 5.74) is 0.895. The van der Waals surface area contributed by atoms with E-state index in [1.54, 1.807) is 0 Å². The molecule has 0 bridgehead atoms. The molecule has 0 spiro atoms. The number of nitrogens with one attached hydrogen (secondary N) is 1. The van der Waals surface area contributed by atoms with Gasteiger partial charge in [-0.3, -0.25) is 4.79 Å². The Morgan fingerprint density at radius 2 is 1.88 bits per heavy atom. The van der Waals surface area contributed by atoms with Gasteiger partial charge in [0.05, 0.1) is 0 Å². The second-order valence-electron chi connectivity index (χ2n) is 4.71. The first-order valence-corrected chi connectivity index (χ1v) is 6.56. The quantitative estimate of drug-likeness (QED) is 0.841. The number of rotatable bonds is 4. The highest BCUT2D eigenvalue weighted by Gasteiger charge is 2.16. The van der Waals surface area contributed by atoms with Crippen LogP contribution in [0.15, 0.2) is 24.3 Å². The molecular weight excluding hydrogens is 313 g/mol. The van der Waals surface area contributed by atoms with E-state index in [2.05, 4.69) is 48.7 Å². The third-order valence-electron chi connectivity index (χ3n) is 2.79. The fourth-order valence-corrected chi connectivity index (χ4v) is 1.51. The minimum absolute atomic E-state index is 0.0120. The van der Waals surface area contributed by atoms with Crippen LogP contribution < -0.4 is 5.32 Å². The Bertz CT molecular complexity index is 357. The molecule has 1 rings (SSSR count). The first-order valence-electron chi connectivity index (χ1n) is 5.48. The van der Waals surface area contributed by atoms with Gasteiger partial charge in [0, 0.05) is 15.7 Å². The second kappa shape index (κ2) is 5.66. The molecule has 0 unspecified atom stereocenters. The van der Waals surface area contributed by atoms with Crippen molar-refractivity contribution in [2.24, 2.45) is 5.41 Å². The summed E-state index contributed by atoms with van der Waals surface area (Å²) in [6, 6.07) is 7.60. The molecule has 16 heavy (non-hydrogen) atoms. The minimum atomic E-state index is 0.0120. The zero-order valence-corrected chi connectivity index (χ0v) is 12.2. The lowest BCUT2D eigenvalue weighted by atomic mass is 9.90. The van der Waals surface area contributed by atoms with Crippen molar-refractivity contribution in [1.29, 1.82) is 0 Å². The number of hydrogen-bond acceptors (Lipinski definition) is 1. The van der Waals surface area contributed by atoms with E-state index in [-0.39, 0.29) is 11.3 Å². The normalized spacial score (nSPS) is 11.2. The van der Waals surface area contributed by atoms with E-state index in [1.165, 1.54) is 0 Å². The van der Waals surface area contributed by atoms with Gasteiger partial charge >= 0.3 is 0 Å². The van der Waals surface area contributed by atoms with Gasteiger partial charge in [-0.2, -0.15) is 0 Å². The number of halogens is 1. The summed E-state index contributed by atoms with van der Waals surface area (Å²) in [5, 5.41) is 2.97. The minimum Gasteiger partial charge on any atom is -0.352 e. The first kappa shape index (κ1) is 13.5. The lowest BCUT2D eigenvalue weighted by Gasteiger charge is -2.22. The molecular formula is C13H18INO. The summed E-state index contributed by atoms with van der Waals surface area (Å²) in [6.45, 7) is 7.16. The predicted octanol–water partition coefficient (Wildman–Crippen LogP) is 3.46. The average molecular weight is 331 g/mol. The van der Waals surface area contributed by atoms with Gasteiger partial charge in [-0.05, 0) is 58.7 Å². The smallest absolute Gasteiger partial charge is 0.251 e. The number of hydrogen-bond donors (Lipinski definition) is 1. The maximum Gasteiger partial charge on any atom is 0.251 e. The fourth-order valence-electron chi connectivity index (χ4n) is 1.15. The third-order valence-corrected chi connectivity index (χ3v) is 3.51. The van der Waals surface area contributed by atoms with Gasteiger partial charge in [0.25, 0.3) is 5.91 Å². The average Bonchev–Trinajstić information content (AvgIpc) is 2.27. The summed E-state index contributed by atoms with van der Waals surface area (Å²) < 4.78 is 1.14. The number of carbonyl (C=O) groups is 1. The van der Waals surface area contributed by atoms with Gasteiger partial charge in [0.2, 0.25) is 0 Å². The Morgan fingerprint density at radius 1 is 1.31 bits per heavy atom. The Morgan fingerprint density at radius 3 is 2.38 bits per heavy atom. The van der Waals surface area contributed by atoms with E-state index >= 15 is 0 Å². The van der Waals surface area contributed by atoms with Gasteiger partial charge in [-0.1, -0.05) is 20.8 Å². The maximum absolute atomic E-state index is 11.8. The van der Waals surface area contributed by atoms with Crippen LogP contribution in [0.1, 0.15) is 37.6 Å². The van der Waals surface area contributed by atoms with E-state index in [0.717, 1.165) is 15.6 Å². The summed E-state index contributed by atoms with van der Waals surface area (Å²) in [7, 11) is 0. The van der Waals surface area contributed by atoms with Crippen LogP contribution in [0.3, 0.4) is 0 Å². The standard InChI is InChI=1S/C13H18INO/c1-4-13(2,3)9-15-12(16)10-5-7-11(14)8-6-10/h5-8H,4,9H2,1-3H3,(H,15,16). The van der Waals surface area contributed by atoms with E-state index in [0.29, 0.717) is 6.54 Å². The van der Waals surface area contributed by atoms with Gasteiger partial charge in [0.15, 0.2) is 0 Å². The van der Waals surface area contributed by atoms with E-state index in [4.69, 9.17) is 0 Å². The van der Waals surface area contributed by atoms with Crippen LogP contribution in [-0.2, 0) is 0 Å². The van der Waals surface area contributed by atoms with Crippen molar-refractivity contribution in [3.8, 4) is 0 Å². The molecule has 88 valence electrons. The molecule has 1 aromatic carbocycles. The lowest BCUT2D eigenvalue weighted by molar-refractivity contribution is 0.0935. The molecule has 0 atom stereocenters. The van der Waals surface area contributed by atoms with E-state index < -0.39 is 0 Å². The Balaban J connectivity index is 2.56. The molecule has 0 fully saturated rings. The molecule has 0 aromatic heterocycles. The molecule has 0 aliphatic heterocycles. The van der Waals surface area contributed by atoms with Crippen molar-refractivity contribution < 1.29 is 4.79 Å². The molecule has 0 saturated carbocycles. The van der Waals surface area contributed by atoms with Gasteiger partial charge in [-0.15, -0.1) is 0 Å². The van der Waals surface area contributed by atoms with Crippen LogP contribution >= 0.6 is 22.6 Å². The van der Waals surface area contributed by atoms with Crippen molar-refractivity contribution in [2.45, 2.75) is 27.2 Å². The number of carbonyl (C=O) groups excluding carboxylic acids is 1. The van der Waals surface area contributed by atoms with Crippen molar-refractivity contribution >= 4 is 28.5 Å². The van der Waals surface area contributed by atoms with Crippen molar-refractivity contribution in [3.63, 3.8) is 0 Å². The highest BCUT2D eigenvalue weighted by molar-refractivity contribution is 14.1. The molecule has 0 saturated heterocycles. The highest BCUT2D eigenvalue weighted by Crippen LogP contribution is 2.18. The molecule has 1 amide bonds. The maximum atomic E-state index is 11.8. The Labute approximate surface area is 111 Å². The van der Waals surface area contributed by atoms with Crippen LogP contribution in [0.25, 0.3) is 0 Å². The summed E-state index contributed by atoms with van der Waals surface area (Å²) in [5.74, 6) is 0.0120. The molecule has 3 heteroatoms. The third kappa shape index (κ3) is 4.12. The SMILES string of the molecule is CCC(C)(C)CNC(=O)c1ccc(I)cc1. The van der Waals surface area contributed by atoms with Crippen molar-refractivity contribution in [2.75, 3.05) is 6.54 Å². The highest BCUT2D eigenvalue weighted by atomic mass is 127. The summed E-state index contributed by atoms with van der Waals surface area (Å²) in [6.07, 6.45) is 1.06.